The van der Waals surface area contributed by atoms with E-state index in [0.29, 0.717) is 24.3 Å². The average Bonchev–Trinajstić information content (AvgIpc) is 2.87. The third-order valence-corrected chi connectivity index (χ3v) is 4.35. The van der Waals surface area contributed by atoms with Gasteiger partial charge in [-0.3, -0.25) is 9.69 Å². The fourth-order valence-corrected chi connectivity index (χ4v) is 3.53. The molecule has 0 spiro atoms. The van der Waals surface area contributed by atoms with Crippen LogP contribution in [0, 0.1) is 23.7 Å². The molecule has 4 nitrogen and oxygen atoms in total. The maximum atomic E-state index is 12.6. The fraction of sp³-hybridized carbons (Fsp3) is 0.938. The van der Waals surface area contributed by atoms with Crippen LogP contribution in [0.25, 0.3) is 0 Å². The number of rotatable bonds is 6. The molecule has 0 aliphatic carbocycles. The van der Waals surface area contributed by atoms with Crippen molar-refractivity contribution in [3.05, 3.63) is 0 Å². The van der Waals surface area contributed by atoms with Gasteiger partial charge in [-0.05, 0) is 36.8 Å². The Labute approximate surface area is 123 Å². The molecule has 20 heavy (non-hydrogen) atoms. The van der Waals surface area contributed by atoms with Crippen LogP contribution in [0.5, 0.6) is 0 Å². The van der Waals surface area contributed by atoms with Crippen molar-refractivity contribution in [3.8, 4) is 0 Å². The molecule has 2 atom stereocenters. The molecule has 116 valence electrons. The van der Waals surface area contributed by atoms with E-state index in [1.54, 1.807) is 0 Å². The van der Waals surface area contributed by atoms with Gasteiger partial charge in [0.05, 0.1) is 6.54 Å². The second-order valence-electron chi connectivity index (χ2n) is 7.46. The third kappa shape index (κ3) is 4.19. The number of amides is 1. The van der Waals surface area contributed by atoms with E-state index in [9.17, 15) is 4.79 Å². The Balaban J connectivity index is 1.84. The van der Waals surface area contributed by atoms with Crippen LogP contribution >= 0.6 is 0 Å². The van der Waals surface area contributed by atoms with E-state index < -0.39 is 0 Å². The Hall–Kier alpha value is -0.610. The maximum absolute atomic E-state index is 12.6. The zero-order valence-corrected chi connectivity index (χ0v) is 13.6. The van der Waals surface area contributed by atoms with Gasteiger partial charge in [0.1, 0.15) is 0 Å². The first-order valence-electron chi connectivity index (χ1n) is 8.16. The van der Waals surface area contributed by atoms with Crippen LogP contribution in [0.2, 0.25) is 0 Å². The molecule has 4 heteroatoms. The zero-order valence-electron chi connectivity index (χ0n) is 13.6. The third-order valence-electron chi connectivity index (χ3n) is 4.35. The van der Waals surface area contributed by atoms with E-state index in [1.807, 2.05) is 0 Å². The summed E-state index contributed by atoms with van der Waals surface area (Å²) in [6, 6.07) is 0. The molecule has 0 saturated carbocycles. The molecule has 0 radical (unpaired) electrons. The Bertz CT molecular complexity index is 308. The summed E-state index contributed by atoms with van der Waals surface area (Å²) in [6.07, 6.45) is 0. The van der Waals surface area contributed by atoms with Crippen molar-refractivity contribution in [2.75, 3.05) is 45.8 Å². The summed E-state index contributed by atoms with van der Waals surface area (Å²) in [5, 5.41) is 3.45. The van der Waals surface area contributed by atoms with Gasteiger partial charge in [-0.2, -0.15) is 0 Å². The van der Waals surface area contributed by atoms with Gasteiger partial charge in [0, 0.05) is 26.2 Å². The summed E-state index contributed by atoms with van der Waals surface area (Å²) in [5.74, 6) is 2.94. The normalized spacial score (nSPS) is 26.5. The average molecular weight is 281 g/mol. The van der Waals surface area contributed by atoms with Crippen LogP contribution in [0.4, 0.5) is 0 Å². The number of carbonyl (C=O) groups excluding carboxylic acids is 1. The molecule has 2 rings (SSSR count). The van der Waals surface area contributed by atoms with Crippen molar-refractivity contribution in [1.82, 2.24) is 15.1 Å². The van der Waals surface area contributed by atoms with E-state index in [2.05, 4.69) is 42.8 Å². The lowest BCUT2D eigenvalue weighted by molar-refractivity contribution is -0.133. The summed E-state index contributed by atoms with van der Waals surface area (Å²) < 4.78 is 0. The first-order valence-corrected chi connectivity index (χ1v) is 8.16. The molecule has 1 amide bonds. The van der Waals surface area contributed by atoms with Gasteiger partial charge in [0.2, 0.25) is 5.91 Å². The summed E-state index contributed by atoms with van der Waals surface area (Å²) in [7, 11) is 0. The number of hydrogen-bond donors (Lipinski definition) is 1. The largest absolute Gasteiger partial charge is 0.341 e. The van der Waals surface area contributed by atoms with Crippen LogP contribution in [0.3, 0.4) is 0 Å². The van der Waals surface area contributed by atoms with E-state index >= 15 is 0 Å². The lowest BCUT2D eigenvalue weighted by atomic mass is 10.0. The number of nitrogens with zero attached hydrogens (tertiary/aromatic N) is 2. The fourth-order valence-electron chi connectivity index (χ4n) is 3.53. The molecule has 2 heterocycles. The lowest BCUT2D eigenvalue weighted by Gasteiger charge is -2.28. The van der Waals surface area contributed by atoms with Crippen LogP contribution in [-0.2, 0) is 4.79 Å². The maximum Gasteiger partial charge on any atom is 0.236 e. The van der Waals surface area contributed by atoms with Gasteiger partial charge in [0.25, 0.3) is 0 Å². The minimum absolute atomic E-state index is 0.320. The highest BCUT2D eigenvalue weighted by Gasteiger charge is 2.36. The topological polar surface area (TPSA) is 35.6 Å². The molecule has 2 aliphatic rings. The smallest absolute Gasteiger partial charge is 0.236 e. The molecule has 0 aromatic rings. The van der Waals surface area contributed by atoms with Crippen molar-refractivity contribution < 1.29 is 4.79 Å². The molecule has 2 saturated heterocycles. The molecule has 1 N–H and O–H groups in total. The standard InChI is InChI=1S/C16H31N3O/c1-12(2)7-19(8-13(3)4)16(20)11-18-9-14-5-17-6-15(14)10-18/h12-15,17H,5-11H2,1-4H3. The van der Waals surface area contributed by atoms with Gasteiger partial charge in [0.15, 0.2) is 0 Å². The van der Waals surface area contributed by atoms with Crippen LogP contribution in [0.1, 0.15) is 27.7 Å². The SMILES string of the molecule is CC(C)CN(CC(C)C)C(=O)CN1CC2CNCC2C1. The van der Waals surface area contributed by atoms with Crippen molar-refractivity contribution in [2.24, 2.45) is 23.7 Å². The highest BCUT2D eigenvalue weighted by Crippen LogP contribution is 2.26. The highest BCUT2D eigenvalue weighted by molar-refractivity contribution is 5.78. The van der Waals surface area contributed by atoms with Gasteiger partial charge in [-0.1, -0.05) is 27.7 Å². The number of fused-ring (bicyclic) bond motifs is 1. The van der Waals surface area contributed by atoms with Crippen molar-refractivity contribution in [3.63, 3.8) is 0 Å². The molecule has 2 aliphatic heterocycles. The van der Waals surface area contributed by atoms with Gasteiger partial charge < -0.3 is 10.2 Å². The Morgan fingerprint density at radius 3 is 2.05 bits per heavy atom. The van der Waals surface area contributed by atoms with Gasteiger partial charge >= 0.3 is 0 Å². The van der Waals surface area contributed by atoms with Crippen molar-refractivity contribution in [2.45, 2.75) is 27.7 Å². The Morgan fingerprint density at radius 2 is 1.60 bits per heavy atom. The molecule has 0 aromatic heterocycles. The first kappa shape index (κ1) is 15.8. The zero-order chi connectivity index (χ0) is 14.7. The van der Waals surface area contributed by atoms with E-state index in [4.69, 9.17) is 0 Å². The second kappa shape index (κ2) is 6.90. The Kier molecular flexibility index (Phi) is 5.44. The number of carbonyl (C=O) groups is 1. The van der Waals surface area contributed by atoms with Crippen LogP contribution < -0.4 is 5.32 Å². The van der Waals surface area contributed by atoms with Gasteiger partial charge in [-0.15, -0.1) is 0 Å². The number of nitrogens with one attached hydrogen (secondary N) is 1. The van der Waals surface area contributed by atoms with Crippen LogP contribution in [0.15, 0.2) is 0 Å². The molecule has 0 bridgehead atoms. The quantitative estimate of drug-likeness (QED) is 0.796. The summed E-state index contributed by atoms with van der Waals surface area (Å²) in [6.45, 7) is 15.6. The second-order valence-corrected chi connectivity index (χ2v) is 7.46. The first-order chi connectivity index (χ1) is 9.45. The molecular weight excluding hydrogens is 250 g/mol. The molecule has 0 aromatic carbocycles. The predicted octanol–water partition coefficient (Wildman–Crippen LogP) is 1.28. The monoisotopic (exact) mass is 281 g/mol. The summed E-state index contributed by atoms with van der Waals surface area (Å²) in [5.41, 5.74) is 0. The summed E-state index contributed by atoms with van der Waals surface area (Å²) >= 11 is 0. The molecule has 2 fully saturated rings. The molecular formula is C16H31N3O. The molecule has 2 unspecified atom stereocenters. The predicted molar refractivity (Wildman–Crippen MR) is 82.5 cm³/mol. The van der Waals surface area contributed by atoms with Gasteiger partial charge in [-0.25, -0.2) is 0 Å². The van der Waals surface area contributed by atoms with E-state index in [0.717, 1.165) is 51.1 Å². The van der Waals surface area contributed by atoms with Crippen LogP contribution in [-0.4, -0.2) is 61.5 Å². The van der Waals surface area contributed by atoms with Crippen molar-refractivity contribution in [1.29, 1.82) is 0 Å². The van der Waals surface area contributed by atoms with E-state index in [-0.39, 0.29) is 0 Å². The minimum Gasteiger partial charge on any atom is -0.341 e. The Morgan fingerprint density at radius 1 is 1.10 bits per heavy atom. The van der Waals surface area contributed by atoms with Crippen molar-refractivity contribution >= 4 is 5.91 Å². The number of hydrogen-bond acceptors (Lipinski definition) is 3. The highest BCUT2D eigenvalue weighted by atomic mass is 16.2. The van der Waals surface area contributed by atoms with E-state index in [1.165, 1.54) is 0 Å². The minimum atomic E-state index is 0.320. The lowest BCUT2D eigenvalue weighted by Crippen LogP contribution is -2.43. The number of likely N-dealkylation sites (tertiary alicyclic amines) is 1. The summed E-state index contributed by atoms with van der Waals surface area (Å²) in [4.78, 5) is 17.0.